The number of aromatic nitrogens is 2. The lowest BCUT2D eigenvalue weighted by Crippen LogP contribution is -2.47. The summed E-state index contributed by atoms with van der Waals surface area (Å²) in [6.07, 6.45) is 4.39. The van der Waals surface area contributed by atoms with Gasteiger partial charge in [-0.1, -0.05) is 5.10 Å². The summed E-state index contributed by atoms with van der Waals surface area (Å²) in [5.74, 6) is -3.30. The van der Waals surface area contributed by atoms with E-state index >= 15 is 0 Å². The Morgan fingerprint density at radius 2 is 1.72 bits per heavy atom. The van der Waals surface area contributed by atoms with Crippen LogP contribution in [-0.2, 0) is 4.79 Å². The predicted octanol–water partition coefficient (Wildman–Crippen LogP) is 4.82. The predicted molar refractivity (Wildman–Crippen MR) is 127 cm³/mol. The Morgan fingerprint density at radius 1 is 1.03 bits per heavy atom. The zero-order chi connectivity index (χ0) is 25.3. The topological polar surface area (TPSA) is 121 Å². The molecule has 1 saturated heterocycles. The highest BCUT2D eigenvalue weighted by molar-refractivity contribution is 6.01. The van der Waals surface area contributed by atoms with Crippen LogP contribution in [0.5, 0.6) is 0 Å². The first-order chi connectivity index (χ1) is 17.3. The Labute approximate surface area is 205 Å². The number of aliphatic carboxylic acids is 1. The number of carbonyl (C=O) groups excluding carboxylic acids is 1. The number of nitrogens with zero attached hydrogens (tertiary/aromatic N) is 3. The molecule has 11 heteroatoms. The number of amides is 1. The van der Waals surface area contributed by atoms with Crippen molar-refractivity contribution >= 4 is 35.0 Å². The van der Waals surface area contributed by atoms with Crippen molar-refractivity contribution in [2.75, 3.05) is 28.6 Å². The molecule has 1 saturated carbocycles. The van der Waals surface area contributed by atoms with Gasteiger partial charge in [0.15, 0.2) is 11.6 Å². The highest BCUT2D eigenvalue weighted by Crippen LogP contribution is 2.54. The molecule has 188 valence electrons. The summed E-state index contributed by atoms with van der Waals surface area (Å²) in [6.45, 7) is 1.84. The molecule has 0 bridgehead atoms. The van der Waals surface area contributed by atoms with Crippen LogP contribution < -0.4 is 15.5 Å². The van der Waals surface area contributed by atoms with Crippen molar-refractivity contribution in [3.8, 4) is 0 Å². The van der Waals surface area contributed by atoms with E-state index in [1.54, 1.807) is 12.1 Å². The monoisotopic (exact) mass is 497 g/mol. The van der Waals surface area contributed by atoms with E-state index in [0.717, 1.165) is 56.6 Å². The van der Waals surface area contributed by atoms with Crippen molar-refractivity contribution in [1.82, 2.24) is 10.2 Å². The molecule has 1 amide bonds. The van der Waals surface area contributed by atoms with Crippen molar-refractivity contribution in [2.24, 2.45) is 11.3 Å². The molecule has 3 N–H and O–H groups in total. The fourth-order valence-electron chi connectivity index (χ4n) is 5.21. The van der Waals surface area contributed by atoms with Crippen LogP contribution in [0.2, 0.25) is 0 Å². The van der Waals surface area contributed by atoms with E-state index in [-0.39, 0.29) is 24.0 Å². The van der Waals surface area contributed by atoms with E-state index in [1.807, 2.05) is 12.1 Å². The molecule has 2 aromatic carbocycles. The number of hydrogen-bond donors (Lipinski definition) is 3. The average Bonchev–Trinajstić information content (AvgIpc) is 3.30. The summed E-state index contributed by atoms with van der Waals surface area (Å²) in [4.78, 5) is 25.7. The number of carbonyl (C=O) groups is 2. The fraction of sp³-hybridized carbons (Fsp3) is 0.360. The minimum atomic E-state index is -1.03. The Hall–Kier alpha value is -4.02. The second kappa shape index (κ2) is 9.56. The van der Waals surface area contributed by atoms with Gasteiger partial charge in [0.25, 0.3) is 0 Å². The van der Waals surface area contributed by atoms with Crippen LogP contribution in [0.3, 0.4) is 0 Å². The summed E-state index contributed by atoms with van der Waals surface area (Å²) in [7, 11) is 0. The maximum atomic E-state index is 13.3. The second-order valence-corrected chi connectivity index (χ2v) is 9.53. The molecule has 2 fully saturated rings. The van der Waals surface area contributed by atoms with Gasteiger partial charge in [0.05, 0.1) is 0 Å². The molecule has 36 heavy (non-hydrogen) atoms. The molecule has 1 aliphatic heterocycles. The molecule has 1 spiro atoms. The third-order valence-corrected chi connectivity index (χ3v) is 7.01. The van der Waals surface area contributed by atoms with Crippen LogP contribution >= 0.6 is 0 Å². The first-order valence-electron chi connectivity index (χ1n) is 11.7. The number of halogens is 2. The van der Waals surface area contributed by atoms with Crippen molar-refractivity contribution in [3.05, 3.63) is 60.0 Å². The lowest BCUT2D eigenvalue weighted by atomic mass is 9.57. The number of piperidine rings is 1. The maximum Gasteiger partial charge on any atom is 0.320 e. The largest absolute Gasteiger partial charge is 0.481 e. The number of carboxylic acids is 1. The molecule has 3 aromatic rings. The zero-order valence-corrected chi connectivity index (χ0v) is 19.3. The van der Waals surface area contributed by atoms with Crippen LogP contribution in [0.1, 0.15) is 42.8 Å². The highest BCUT2D eigenvalue weighted by Gasteiger charge is 2.46. The molecule has 5 rings (SSSR count). The Bertz CT molecular complexity index is 1260. The number of anilines is 4. The third-order valence-electron chi connectivity index (χ3n) is 7.01. The minimum absolute atomic E-state index is 0.134. The van der Waals surface area contributed by atoms with Crippen molar-refractivity contribution in [3.63, 3.8) is 0 Å². The van der Waals surface area contributed by atoms with Gasteiger partial charge < -0.3 is 25.1 Å². The molecular formula is C25H25F2N5O4. The van der Waals surface area contributed by atoms with Gasteiger partial charge in [-0.3, -0.25) is 9.59 Å². The van der Waals surface area contributed by atoms with Crippen LogP contribution in [-0.4, -0.2) is 40.3 Å². The van der Waals surface area contributed by atoms with Crippen LogP contribution in [0, 0.1) is 23.0 Å². The first-order valence-corrected chi connectivity index (χ1v) is 11.7. The summed E-state index contributed by atoms with van der Waals surface area (Å²) >= 11 is 0. The number of carboxylic acid groups (broad SMARTS) is 1. The van der Waals surface area contributed by atoms with Crippen molar-refractivity contribution in [1.29, 1.82) is 0 Å². The Morgan fingerprint density at radius 3 is 2.39 bits per heavy atom. The number of hydrogen-bond acceptors (Lipinski definition) is 7. The lowest BCUT2D eigenvalue weighted by molar-refractivity contribution is -0.140. The van der Waals surface area contributed by atoms with Gasteiger partial charge in [0, 0.05) is 42.6 Å². The quantitative estimate of drug-likeness (QED) is 0.425. The molecule has 1 aromatic heterocycles. The van der Waals surface area contributed by atoms with E-state index in [9.17, 15) is 18.4 Å². The SMILES string of the molecule is O=C(O)CC1CC2(CCN(c3ccc(NC(=O)c4nnc(Nc5ccc(F)c(F)c5)o4)cc3)CC2)C1. The summed E-state index contributed by atoms with van der Waals surface area (Å²) in [5.41, 5.74) is 2.11. The van der Waals surface area contributed by atoms with Gasteiger partial charge in [-0.2, -0.15) is 0 Å². The van der Waals surface area contributed by atoms with Gasteiger partial charge in [-0.05, 0) is 73.4 Å². The zero-order valence-electron chi connectivity index (χ0n) is 19.3. The van der Waals surface area contributed by atoms with Crippen LogP contribution in [0.25, 0.3) is 0 Å². The van der Waals surface area contributed by atoms with E-state index in [4.69, 9.17) is 9.52 Å². The van der Waals surface area contributed by atoms with E-state index in [1.165, 1.54) is 6.07 Å². The molecule has 2 heterocycles. The summed E-state index contributed by atoms with van der Waals surface area (Å²) < 4.78 is 31.7. The minimum Gasteiger partial charge on any atom is -0.481 e. The Kier molecular flexibility index (Phi) is 6.29. The summed E-state index contributed by atoms with van der Waals surface area (Å²) in [5, 5.41) is 21.7. The Balaban J connectivity index is 1.12. The fourth-order valence-corrected chi connectivity index (χ4v) is 5.21. The lowest BCUT2D eigenvalue weighted by Gasteiger charge is -2.52. The smallest absolute Gasteiger partial charge is 0.320 e. The second-order valence-electron chi connectivity index (χ2n) is 9.53. The molecule has 2 aliphatic rings. The number of rotatable bonds is 7. The van der Waals surface area contributed by atoms with Crippen molar-refractivity contribution < 1.29 is 27.9 Å². The molecule has 0 atom stereocenters. The van der Waals surface area contributed by atoms with E-state index in [2.05, 4.69) is 25.7 Å². The normalized spacial score (nSPS) is 17.0. The van der Waals surface area contributed by atoms with Gasteiger partial charge in [0.2, 0.25) is 0 Å². The average molecular weight is 498 g/mol. The van der Waals surface area contributed by atoms with Crippen LogP contribution in [0.4, 0.5) is 31.9 Å². The maximum absolute atomic E-state index is 13.3. The molecular weight excluding hydrogens is 472 g/mol. The van der Waals surface area contributed by atoms with Gasteiger partial charge >= 0.3 is 23.8 Å². The van der Waals surface area contributed by atoms with Crippen LogP contribution in [0.15, 0.2) is 46.9 Å². The third kappa shape index (κ3) is 5.14. The van der Waals surface area contributed by atoms with Gasteiger partial charge in [-0.25, -0.2) is 8.78 Å². The number of nitrogens with one attached hydrogen (secondary N) is 2. The van der Waals surface area contributed by atoms with Gasteiger partial charge in [0.1, 0.15) is 0 Å². The molecule has 0 radical (unpaired) electrons. The molecule has 9 nitrogen and oxygen atoms in total. The standard InChI is InChI=1S/C25H25F2N5O4/c26-19-6-3-17(12-20(19)27)29-24-31-30-23(36-24)22(35)28-16-1-4-18(5-2-16)32-9-7-25(8-10-32)13-15(14-25)11-21(33)34/h1-6,12,15H,7-11,13-14H2,(H,28,35)(H,29,31)(H,33,34). The number of benzene rings is 2. The molecule has 0 unspecified atom stereocenters. The van der Waals surface area contributed by atoms with E-state index < -0.39 is 23.5 Å². The van der Waals surface area contributed by atoms with E-state index in [0.29, 0.717) is 17.0 Å². The molecule has 1 aliphatic carbocycles. The summed E-state index contributed by atoms with van der Waals surface area (Å²) in [6, 6.07) is 10.5. The highest BCUT2D eigenvalue weighted by atomic mass is 19.2. The van der Waals surface area contributed by atoms with Gasteiger partial charge in [-0.15, -0.1) is 5.10 Å². The first kappa shape index (κ1) is 23.7. The van der Waals surface area contributed by atoms with Crippen molar-refractivity contribution in [2.45, 2.75) is 32.1 Å².